The summed E-state index contributed by atoms with van der Waals surface area (Å²) in [5.74, 6) is 4.15. The first-order valence-electron chi connectivity index (χ1n) is 9.41. The minimum absolute atomic E-state index is 0.0538. The quantitative estimate of drug-likeness (QED) is 0.539. The Kier molecular flexibility index (Phi) is 3.27. The van der Waals surface area contributed by atoms with E-state index in [0.29, 0.717) is 24.0 Å². The molecule has 4 aliphatic carbocycles. The molecule has 0 spiro atoms. The standard InChI is InChI=1S/C22H28O2/c1-5-22(24)14(2)12-19-17-7-6-15-13-16(23)8-10-20(15,3)18(17)9-11-21(19,22)4/h1,9,13-14,17,19,24H,6-8,10-12H2,2-4H3/t14-,17+,19-,20-,21-,22-/m0/s1. The van der Waals surface area contributed by atoms with Crippen LogP contribution in [0.25, 0.3) is 0 Å². The van der Waals surface area contributed by atoms with Crippen LogP contribution >= 0.6 is 0 Å². The maximum atomic E-state index is 11.9. The average molecular weight is 324 g/mol. The number of fused-ring (bicyclic) bond motifs is 5. The summed E-state index contributed by atoms with van der Waals surface area (Å²) in [5, 5.41) is 11.2. The molecule has 0 aromatic rings. The van der Waals surface area contributed by atoms with Crippen LogP contribution in [-0.4, -0.2) is 16.5 Å². The smallest absolute Gasteiger partial charge is 0.155 e. The van der Waals surface area contributed by atoms with Gasteiger partial charge in [0.1, 0.15) is 5.60 Å². The lowest BCUT2D eigenvalue weighted by Gasteiger charge is -2.54. The van der Waals surface area contributed by atoms with Crippen molar-refractivity contribution in [1.82, 2.24) is 0 Å². The van der Waals surface area contributed by atoms with Crippen LogP contribution in [0, 0.1) is 40.9 Å². The van der Waals surface area contributed by atoms with Crippen LogP contribution < -0.4 is 0 Å². The van der Waals surface area contributed by atoms with Crippen LogP contribution in [0.4, 0.5) is 0 Å². The molecule has 6 atom stereocenters. The van der Waals surface area contributed by atoms with E-state index in [4.69, 9.17) is 6.42 Å². The van der Waals surface area contributed by atoms with Crippen LogP contribution in [0.3, 0.4) is 0 Å². The zero-order chi connectivity index (χ0) is 17.3. The fraction of sp³-hybridized carbons (Fsp3) is 0.682. The number of allylic oxidation sites excluding steroid dienone is 4. The van der Waals surface area contributed by atoms with Gasteiger partial charge in [-0.3, -0.25) is 4.79 Å². The summed E-state index contributed by atoms with van der Waals surface area (Å²) in [5.41, 5.74) is 1.70. The number of ketones is 1. The van der Waals surface area contributed by atoms with E-state index >= 15 is 0 Å². The highest BCUT2D eigenvalue weighted by Gasteiger charge is 2.64. The number of carbonyl (C=O) groups is 1. The van der Waals surface area contributed by atoms with Crippen LogP contribution in [0.5, 0.6) is 0 Å². The highest BCUT2D eigenvalue weighted by atomic mass is 16.3. The highest BCUT2D eigenvalue weighted by molar-refractivity contribution is 5.92. The Morgan fingerprint density at radius 2 is 2.08 bits per heavy atom. The second-order valence-corrected chi connectivity index (χ2v) is 9.05. The molecular weight excluding hydrogens is 296 g/mol. The molecule has 0 aromatic carbocycles. The summed E-state index contributed by atoms with van der Waals surface area (Å²) in [7, 11) is 0. The van der Waals surface area contributed by atoms with Gasteiger partial charge in [0.25, 0.3) is 0 Å². The molecule has 4 rings (SSSR count). The lowest BCUT2D eigenvalue weighted by molar-refractivity contribution is -0.115. The second kappa shape index (κ2) is 4.85. The van der Waals surface area contributed by atoms with Gasteiger partial charge < -0.3 is 5.11 Å². The summed E-state index contributed by atoms with van der Waals surface area (Å²) in [4.78, 5) is 11.9. The van der Waals surface area contributed by atoms with Gasteiger partial charge in [0.15, 0.2) is 5.78 Å². The van der Waals surface area contributed by atoms with Gasteiger partial charge in [-0.1, -0.05) is 43.9 Å². The molecule has 2 fully saturated rings. The lowest BCUT2D eigenvalue weighted by atomic mass is 9.51. The lowest BCUT2D eigenvalue weighted by Crippen LogP contribution is -2.51. The van der Waals surface area contributed by atoms with Crippen LogP contribution in [0.2, 0.25) is 0 Å². The maximum Gasteiger partial charge on any atom is 0.155 e. The van der Waals surface area contributed by atoms with Crippen molar-refractivity contribution >= 4 is 5.78 Å². The van der Waals surface area contributed by atoms with Crippen LogP contribution in [0.15, 0.2) is 23.3 Å². The van der Waals surface area contributed by atoms with E-state index in [1.54, 1.807) is 0 Å². The third-order valence-corrected chi connectivity index (χ3v) is 8.14. The molecule has 1 N–H and O–H groups in total. The molecule has 24 heavy (non-hydrogen) atoms. The summed E-state index contributed by atoms with van der Waals surface area (Å²) in [6, 6.07) is 0. The molecule has 0 amide bonds. The Morgan fingerprint density at radius 3 is 2.79 bits per heavy atom. The van der Waals surface area contributed by atoms with Gasteiger partial charge in [-0.2, -0.15) is 0 Å². The molecule has 0 aromatic heterocycles. The van der Waals surface area contributed by atoms with Crippen molar-refractivity contribution < 1.29 is 9.90 Å². The normalized spacial score (nSPS) is 50.1. The first kappa shape index (κ1) is 16.2. The monoisotopic (exact) mass is 324 g/mol. The zero-order valence-corrected chi connectivity index (χ0v) is 15.1. The van der Waals surface area contributed by atoms with Gasteiger partial charge in [0.2, 0.25) is 0 Å². The van der Waals surface area contributed by atoms with E-state index in [-0.39, 0.29) is 16.7 Å². The SMILES string of the molecule is C#C[C@]1(O)[C@@H](C)C[C@H]2[C@@H]3CCC4=CC(=O)CC[C@]4(C)C3=CC[C@@]21C. The molecule has 0 saturated heterocycles. The number of hydrogen-bond donors (Lipinski definition) is 1. The van der Waals surface area contributed by atoms with E-state index in [2.05, 4.69) is 32.8 Å². The van der Waals surface area contributed by atoms with Crippen molar-refractivity contribution in [1.29, 1.82) is 0 Å². The molecule has 4 aliphatic rings. The Labute approximate surface area is 145 Å². The Bertz CT molecular complexity index is 708. The van der Waals surface area contributed by atoms with Crippen molar-refractivity contribution in [2.24, 2.45) is 28.6 Å². The Balaban J connectivity index is 1.79. The topological polar surface area (TPSA) is 37.3 Å². The van der Waals surface area contributed by atoms with Gasteiger partial charge in [-0.05, 0) is 55.9 Å². The first-order chi connectivity index (χ1) is 11.3. The molecular formula is C22H28O2. The van der Waals surface area contributed by atoms with Crippen molar-refractivity contribution in [3.63, 3.8) is 0 Å². The van der Waals surface area contributed by atoms with Crippen molar-refractivity contribution in [2.75, 3.05) is 0 Å². The number of aliphatic hydroxyl groups is 1. The summed E-state index contributed by atoms with van der Waals surface area (Å²) in [6.45, 7) is 6.64. The van der Waals surface area contributed by atoms with Crippen molar-refractivity contribution in [3.8, 4) is 12.3 Å². The third kappa shape index (κ3) is 1.75. The van der Waals surface area contributed by atoms with E-state index in [0.717, 1.165) is 32.1 Å². The molecule has 2 saturated carbocycles. The highest BCUT2D eigenvalue weighted by Crippen LogP contribution is 2.66. The van der Waals surface area contributed by atoms with E-state index in [9.17, 15) is 9.90 Å². The minimum atomic E-state index is -1.00. The maximum absolute atomic E-state index is 11.9. The number of hydrogen-bond acceptors (Lipinski definition) is 2. The predicted molar refractivity (Wildman–Crippen MR) is 95.0 cm³/mol. The Hall–Kier alpha value is -1.33. The number of terminal acetylenes is 1. The van der Waals surface area contributed by atoms with E-state index < -0.39 is 5.60 Å². The third-order valence-electron chi connectivity index (χ3n) is 8.14. The molecule has 0 aliphatic heterocycles. The van der Waals surface area contributed by atoms with E-state index in [1.807, 2.05) is 6.08 Å². The predicted octanol–water partition coefficient (Wildman–Crippen LogP) is 4.05. The van der Waals surface area contributed by atoms with E-state index in [1.165, 1.54) is 11.1 Å². The van der Waals surface area contributed by atoms with Gasteiger partial charge in [0.05, 0.1) is 0 Å². The van der Waals surface area contributed by atoms with Gasteiger partial charge >= 0.3 is 0 Å². The van der Waals surface area contributed by atoms with Crippen molar-refractivity contribution in [3.05, 3.63) is 23.3 Å². The summed E-state index contributed by atoms with van der Waals surface area (Å²) < 4.78 is 0. The molecule has 2 nitrogen and oxygen atoms in total. The molecule has 0 unspecified atom stereocenters. The fourth-order valence-corrected chi connectivity index (χ4v) is 6.51. The molecule has 128 valence electrons. The molecule has 0 bridgehead atoms. The van der Waals surface area contributed by atoms with Crippen LogP contribution in [0.1, 0.15) is 59.3 Å². The second-order valence-electron chi connectivity index (χ2n) is 9.05. The minimum Gasteiger partial charge on any atom is -0.377 e. The molecule has 0 heterocycles. The van der Waals surface area contributed by atoms with Gasteiger partial charge in [0, 0.05) is 17.3 Å². The molecule has 2 heteroatoms. The van der Waals surface area contributed by atoms with Crippen LogP contribution in [-0.2, 0) is 4.79 Å². The van der Waals surface area contributed by atoms with Crippen molar-refractivity contribution in [2.45, 2.75) is 64.9 Å². The zero-order valence-electron chi connectivity index (χ0n) is 15.1. The van der Waals surface area contributed by atoms with Gasteiger partial charge in [-0.15, -0.1) is 6.42 Å². The average Bonchev–Trinajstić information content (AvgIpc) is 2.76. The van der Waals surface area contributed by atoms with Gasteiger partial charge in [-0.25, -0.2) is 0 Å². The number of rotatable bonds is 0. The largest absolute Gasteiger partial charge is 0.377 e. The fourth-order valence-electron chi connectivity index (χ4n) is 6.51. The molecule has 0 radical (unpaired) electrons. The Morgan fingerprint density at radius 1 is 1.33 bits per heavy atom. The summed E-state index contributed by atoms with van der Waals surface area (Å²) in [6.07, 6.45) is 15.7. The summed E-state index contributed by atoms with van der Waals surface area (Å²) >= 11 is 0. The number of carbonyl (C=O) groups excluding carboxylic acids is 1. The first-order valence-corrected chi connectivity index (χ1v) is 9.41.